The van der Waals surface area contributed by atoms with Crippen LogP contribution in [-0.2, 0) is 47.7 Å². The maximum atomic E-state index is 14.1. The first kappa shape index (κ1) is 40.4. The average Bonchev–Trinajstić information content (AvgIpc) is 3.16. The number of benzene rings is 2. The predicted octanol–water partition coefficient (Wildman–Crippen LogP) is 3.20. The largest absolute Gasteiger partial charge is 0.508 e. The Kier molecular flexibility index (Phi) is 9.41. The van der Waals surface area contributed by atoms with Crippen molar-refractivity contribution in [1.29, 1.82) is 0 Å². The number of allylic oxidation sites excluding steroid dienone is 5. The van der Waals surface area contributed by atoms with Gasteiger partial charge in [-0.25, -0.2) is 9.59 Å². The molecule has 18 heteroatoms. The lowest BCUT2D eigenvalue weighted by Gasteiger charge is -2.42. The molecule has 0 bridgehead atoms. The van der Waals surface area contributed by atoms with E-state index >= 15 is 0 Å². The summed E-state index contributed by atoms with van der Waals surface area (Å²) in [6.45, 7) is 4.68. The third kappa shape index (κ3) is 6.19. The summed E-state index contributed by atoms with van der Waals surface area (Å²) in [5, 5.41) is 60.8. The lowest BCUT2D eigenvalue weighted by atomic mass is 9.64. The van der Waals surface area contributed by atoms with E-state index in [4.69, 9.17) is 18.9 Å². The molecule has 0 amide bonds. The highest BCUT2D eigenvalue weighted by molar-refractivity contribution is 6.28. The zero-order valence-corrected chi connectivity index (χ0v) is 31.7. The summed E-state index contributed by atoms with van der Waals surface area (Å²) in [4.78, 5) is 108. The number of ketones is 4. The van der Waals surface area contributed by atoms with E-state index in [-0.39, 0.29) is 61.8 Å². The quantitative estimate of drug-likeness (QED) is 0.173. The lowest BCUT2D eigenvalue weighted by molar-refractivity contribution is -0.156. The van der Waals surface area contributed by atoms with E-state index in [1.165, 1.54) is 13.8 Å². The number of phenols is 4. The van der Waals surface area contributed by atoms with Crippen molar-refractivity contribution in [1.82, 2.24) is 0 Å². The van der Waals surface area contributed by atoms with Crippen LogP contribution < -0.4 is 0 Å². The van der Waals surface area contributed by atoms with Gasteiger partial charge in [-0.3, -0.25) is 28.8 Å². The summed E-state index contributed by atoms with van der Waals surface area (Å²) in [6.07, 6.45) is 4.06. The molecule has 5 aliphatic rings. The Bertz CT molecular complexity index is 2630. The number of phenolic OH excluding ortho intramolecular Hbond substituents is 4. The smallest absolute Gasteiger partial charge is 0.343 e. The first-order valence-electron chi connectivity index (χ1n) is 17.9. The molecular weight excluding hydrogens is 792 g/mol. The summed E-state index contributed by atoms with van der Waals surface area (Å²) in [5.74, 6) is -18.0. The number of carboxylic acids is 2. The molecule has 18 nitrogen and oxygen atoms in total. The third-order valence-electron chi connectivity index (χ3n) is 11.1. The molecule has 5 unspecified atom stereocenters. The van der Waals surface area contributed by atoms with E-state index in [9.17, 15) is 69.0 Å². The van der Waals surface area contributed by atoms with Crippen molar-refractivity contribution in [3.05, 3.63) is 117 Å². The van der Waals surface area contributed by atoms with Gasteiger partial charge in [0.15, 0.2) is 0 Å². The van der Waals surface area contributed by atoms with Gasteiger partial charge in [0.05, 0.1) is 34.5 Å². The number of rotatable bonds is 7. The van der Waals surface area contributed by atoms with Crippen LogP contribution in [-0.4, -0.2) is 88.9 Å². The molecule has 0 saturated heterocycles. The summed E-state index contributed by atoms with van der Waals surface area (Å²) in [6, 6.07) is 3.91. The predicted molar refractivity (Wildman–Crippen MR) is 197 cm³/mol. The molecule has 0 radical (unpaired) electrons. The van der Waals surface area contributed by atoms with Gasteiger partial charge in [0.25, 0.3) is 0 Å². The van der Waals surface area contributed by atoms with E-state index in [2.05, 4.69) is 0 Å². The standard InChI is InChI=1S/C42H32O18/c1-15-5-18(43)10-26(46)31(15)40(56)60-41(3)29(47)7-17-6-27(57-13-23(17)35(41)49)34-32-21-12-30(48)42(4,59-39(55)20-8-19(44)9-25(45)16(20)2)36(50)24(21)14-58-28(32)11-22(37(51)52)33(34)38(53)54/h5-10,12-14,22,33-34,43-46H,11H2,1-4H3,(H,51,52)(H,53,54). The Morgan fingerprint density at radius 3 is 1.92 bits per heavy atom. The number of esters is 2. The number of hydrogen-bond acceptors (Lipinski definition) is 16. The molecule has 2 aromatic rings. The molecule has 6 N–H and O–H groups in total. The molecule has 0 spiro atoms. The Balaban J connectivity index is 1.27. The fourth-order valence-corrected chi connectivity index (χ4v) is 7.79. The SMILES string of the molecule is Cc1cc(O)cc(O)c1C(=O)OC1(C)C(=O)C=C2C=C(C3C4=C(CC(C(=O)O)C3C(=O)O)OC=C3C(=O)C(C)(OC(=O)c5cc(O)cc(O)c5C)C(=O)C=C34)OC=C2C1=O. The summed E-state index contributed by atoms with van der Waals surface area (Å²) in [7, 11) is 0. The lowest BCUT2D eigenvalue weighted by Crippen LogP contribution is -2.52. The molecule has 5 atom stereocenters. The van der Waals surface area contributed by atoms with Gasteiger partial charge in [-0.2, -0.15) is 0 Å². The number of ether oxygens (including phenoxy) is 4. The molecule has 2 aromatic carbocycles. The second-order valence-corrected chi connectivity index (χ2v) is 14.9. The highest BCUT2D eigenvalue weighted by Crippen LogP contribution is 2.52. The van der Waals surface area contributed by atoms with Crippen molar-refractivity contribution >= 4 is 47.0 Å². The van der Waals surface area contributed by atoms with Crippen molar-refractivity contribution in [2.45, 2.75) is 45.3 Å². The molecule has 60 heavy (non-hydrogen) atoms. The Labute approximate surface area is 337 Å². The second-order valence-electron chi connectivity index (χ2n) is 14.9. The third-order valence-corrected chi connectivity index (χ3v) is 11.1. The second kappa shape index (κ2) is 14.0. The number of carboxylic acid groups (broad SMARTS) is 2. The van der Waals surface area contributed by atoms with Gasteiger partial charge in [0.2, 0.25) is 34.3 Å². The maximum Gasteiger partial charge on any atom is 0.343 e. The zero-order chi connectivity index (χ0) is 43.9. The number of aromatic hydroxyl groups is 4. The number of fused-ring (bicyclic) bond motifs is 3. The van der Waals surface area contributed by atoms with Crippen molar-refractivity contribution in [3.63, 3.8) is 0 Å². The van der Waals surface area contributed by atoms with Crippen LogP contribution in [0.5, 0.6) is 23.0 Å². The van der Waals surface area contributed by atoms with Crippen molar-refractivity contribution in [2.24, 2.45) is 17.8 Å². The van der Waals surface area contributed by atoms with Crippen LogP contribution in [0.1, 0.15) is 52.1 Å². The first-order chi connectivity index (χ1) is 28.1. The molecular formula is C42H32O18. The average molecular weight is 825 g/mol. The van der Waals surface area contributed by atoms with Gasteiger partial charge in [0.1, 0.15) is 52.6 Å². The van der Waals surface area contributed by atoms with Gasteiger partial charge in [-0.1, -0.05) is 0 Å². The van der Waals surface area contributed by atoms with Gasteiger partial charge in [-0.15, -0.1) is 0 Å². The molecule has 3 aliphatic carbocycles. The fourth-order valence-electron chi connectivity index (χ4n) is 7.79. The molecule has 0 saturated carbocycles. The van der Waals surface area contributed by atoms with E-state index < -0.39 is 105 Å². The number of carbonyl (C=O) groups is 8. The molecule has 2 heterocycles. The zero-order valence-electron chi connectivity index (χ0n) is 31.7. The van der Waals surface area contributed by atoms with Gasteiger partial charge >= 0.3 is 23.9 Å². The minimum absolute atomic E-state index is 0.0364. The van der Waals surface area contributed by atoms with E-state index in [1.54, 1.807) is 0 Å². The molecule has 2 aliphatic heterocycles. The van der Waals surface area contributed by atoms with E-state index in [1.807, 2.05) is 0 Å². The highest BCUT2D eigenvalue weighted by Gasteiger charge is 2.57. The maximum absolute atomic E-state index is 14.1. The van der Waals surface area contributed by atoms with Gasteiger partial charge in [-0.05, 0) is 74.8 Å². The van der Waals surface area contributed by atoms with Gasteiger partial charge in [0, 0.05) is 29.7 Å². The van der Waals surface area contributed by atoms with Crippen LogP contribution >= 0.6 is 0 Å². The molecule has 7 rings (SSSR count). The van der Waals surface area contributed by atoms with Crippen molar-refractivity contribution in [3.8, 4) is 23.0 Å². The number of carbonyl (C=O) groups excluding carboxylic acids is 6. The van der Waals surface area contributed by atoms with Crippen LogP contribution in [0.4, 0.5) is 0 Å². The number of hydrogen-bond donors (Lipinski definition) is 6. The Hall–Kier alpha value is -7.76. The normalized spacial score (nSPS) is 25.7. The molecule has 308 valence electrons. The minimum atomic E-state index is -2.55. The van der Waals surface area contributed by atoms with Crippen molar-refractivity contribution in [2.75, 3.05) is 0 Å². The summed E-state index contributed by atoms with van der Waals surface area (Å²) >= 11 is 0. The number of Topliss-reactive ketones (excluding diaryl/α,β-unsaturated/α-hetero) is 2. The number of aryl methyl sites for hydroxylation is 1. The van der Waals surface area contributed by atoms with Gasteiger partial charge < -0.3 is 49.6 Å². The first-order valence-corrected chi connectivity index (χ1v) is 17.9. The minimum Gasteiger partial charge on any atom is -0.508 e. The van der Waals surface area contributed by atoms with Crippen LogP contribution in [0.15, 0.2) is 94.4 Å². The monoisotopic (exact) mass is 824 g/mol. The summed E-state index contributed by atoms with van der Waals surface area (Å²) < 4.78 is 22.4. The topological polar surface area (TPSA) is 295 Å². The van der Waals surface area contributed by atoms with Crippen LogP contribution in [0.2, 0.25) is 0 Å². The van der Waals surface area contributed by atoms with E-state index in [0.29, 0.717) is 0 Å². The summed E-state index contributed by atoms with van der Waals surface area (Å²) in [5.41, 5.74) is -7.10. The fraction of sp³-hybridized carbons (Fsp3) is 0.238. The van der Waals surface area contributed by atoms with Crippen LogP contribution in [0.25, 0.3) is 0 Å². The molecule has 0 aromatic heterocycles. The Morgan fingerprint density at radius 2 is 1.28 bits per heavy atom. The van der Waals surface area contributed by atoms with Crippen LogP contribution in [0.3, 0.4) is 0 Å². The Morgan fingerprint density at radius 1 is 0.700 bits per heavy atom. The highest BCUT2D eigenvalue weighted by atomic mass is 16.6. The van der Waals surface area contributed by atoms with Crippen molar-refractivity contribution < 1.29 is 87.9 Å². The van der Waals surface area contributed by atoms with E-state index in [0.717, 1.165) is 68.9 Å². The van der Waals surface area contributed by atoms with Crippen LogP contribution in [0, 0.1) is 31.6 Å². The number of aliphatic carboxylic acids is 2. The molecule has 0 fully saturated rings.